The van der Waals surface area contributed by atoms with Gasteiger partial charge in [-0.3, -0.25) is 0 Å². The van der Waals surface area contributed by atoms with Crippen LogP contribution in [0, 0.1) is 11.3 Å². The second kappa shape index (κ2) is 4.12. The summed E-state index contributed by atoms with van der Waals surface area (Å²) in [5, 5.41) is 7.17. The summed E-state index contributed by atoms with van der Waals surface area (Å²) in [6, 6.07) is 0. The first kappa shape index (κ1) is 10.2. The molecule has 11 heavy (non-hydrogen) atoms. The molecule has 0 saturated carbocycles. The summed E-state index contributed by atoms with van der Waals surface area (Å²) in [5.74, 6) is 0.503. The van der Waals surface area contributed by atoms with Gasteiger partial charge in [0.1, 0.15) is 0 Å². The van der Waals surface area contributed by atoms with Gasteiger partial charge in [0.15, 0.2) is 0 Å². The van der Waals surface area contributed by atoms with Crippen molar-refractivity contribution >= 4 is 6.21 Å². The summed E-state index contributed by atoms with van der Waals surface area (Å²) in [6.45, 7) is 12.1. The van der Waals surface area contributed by atoms with E-state index in [1.54, 1.807) is 0 Å². The Morgan fingerprint density at radius 1 is 1.36 bits per heavy atom. The standard InChI is InChI=1S/C10H17N/c1-7(2)9(5)10(6-11)8(3)4/h6-7,11H,3H2,1-2,4-5H3/b10-9-,11-6?. The van der Waals surface area contributed by atoms with Gasteiger partial charge in [-0.15, -0.1) is 0 Å². The van der Waals surface area contributed by atoms with Crippen molar-refractivity contribution in [3.8, 4) is 0 Å². The summed E-state index contributed by atoms with van der Waals surface area (Å²) in [4.78, 5) is 0. The van der Waals surface area contributed by atoms with Crippen molar-refractivity contribution in [2.75, 3.05) is 0 Å². The summed E-state index contributed by atoms with van der Waals surface area (Å²) in [7, 11) is 0. The second-order valence-electron chi connectivity index (χ2n) is 3.18. The fourth-order valence-corrected chi connectivity index (χ4v) is 0.885. The van der Waals surface area contributed by atoms with Crippen LogP contribution in [0.15, 0.2) is 23.3 Å². The maximum Gasteiger partial charge on any atom is 0.0252 e. The number of allylic oxidation sites excluding steroid dienone is 3. The lowest BCUT2D eigenvalue weighted by atomic mass is 9.96. The highest BCUT2D eigenvalue weighted by Gasteiger charge is 2.03. The molecule has 0 aliphatic heterocycles. The molecule has 0 aliphatic rings. The molecule has 1 N–H and O–H groups in total. The molecule has 0 atom stereocenters. The third-order valence-corrected chi connectivity index (χ3v) is 1.89. The highest BCUT2D eigenvalue weighted by molar-refractivity contribution is 5.82. The van der Waals surface area contributed by atoms with E-state index >= 15 is 0 Å². The lowest BCUT2D eigenvalue weighted by Crippen LogP contribution is -1.97. The summed E-state index contributed by atoms with van der Waals surface area (Å²) in [5.41, 5.74) is 3.21. The van der Waals surface area contributed by atoms with Crippen LogP contribution in [0.5, 0.6) is 0 Å². The van der Waals surface area contributed by atoms with Crippen molar-refractivity contribution in [2.24, 2.45) is 5.92 Å². The molecule has 0 heterocycles. The number of hydrogen-bond acceptors (Lipinski definition) is 1. The fraction of sp³-hybridized carbons (Fsp3) is 0.500. The second-order valence-corrected chi connectivity index (χ2v) is 3.18. The number of hydrogen-bond donors (Lipinski definition) is 1. The van der Waals surface area contributed by atoms with Crippen LogP contribution in [-0.2, 0) is 0 Å². The van der Waals surface area contributed by atoms with E-state index in [-0.39, 0.29) is 0 Å². The molecule has 0 aromatic carbocycles. The van der Waals surface area contributed by atoms with Gasteiger partial charge in [0.05, 0.1) is 0 Å². The van der Waals surface area contributed by atoms with Gasteiger partial charge in [0.25, 0.3) is 0 Å². The van der Waals surface area contributed by atoms with Crippen LogP contribution in [0.3, 0.4) is 0 Å². The molecule has 0 bridgehead atoms. The topological polar surface area (TPSA) is 23.9 Å². The summed E-state index contributed by atoms with van der Waals surface area (Å²) < 4.78 is 0. The molecule has 62 valence electrons. The normalized spacial score (nSPS) is 12.8. The van der Waals surface area contributed by atoms with Gasteiger partial charge in [-0.05, 0) is 30.9 Å². The van der Waals surface area contributed by atoms with Gasteiger partial charge >= 0.3 is 0 Å². The minimum atomic E-state index is 0.503. The summed E-state index contributed by atoms with van der Waals surface area (Å²) in [6.07, 6.45) is 1.39. The van der Waals surface area contributed by atoms with Gasteiger partial charge < -0.3 is 5.41 Å². The van der Waals surface area contributed by atoms with E-state index in [4.69, 9.17) is 5.41 Å². The van der Waals surface area contributed by atoms with Crippen molar-refractivity contribution in [3.05, 3.63) is 23.3 Å². The van der Waals surface area contributed by atoms with Gasteiger partial charge in [-0.2, -0.15) is 0 Å². The Morgan fingerprint density at radius 3 is 1.91 bits per heavy atom. The minimum absolute atomic E-state index is 0.503. The third kappa shape index (κ3) is 2.71. The lowest BCUT2D eigenvalue weighted by molar-refractivity contribution is 0.764. The Morgan fingerprint density at radius 2 is 1.82 bits per heavy atom. The van der Waals surface area contributed by atoms with Crippen molar-refractivity contribution < 1.29 is 0 Å². The van der Waals surface area contributed by atoms with E-state index in [1.807, 2.05) is 6.92 Å². The van der Waals surface area contributed by atoms with Gasteiger partial charge in [0, 0.05) is 6.21 Å². The first-order valence-corrected chi connectivity index (χ1v) is 3.87. The fourth-order valence-electron chi connectivity index (χ4n) is 0.885. The van der Waals surface area contributed by atoms with E-state index in [0.717, 1.165) is 11.1 Å². The van der Waals surface area contributed by atoms with Crippen LogP contribution in [0.2, 0.25) is 0 Å². The zero-order valence-corrected chi connectivity index (χ0v) is 7.86. The molecule has 1 nitrogen and oxygen atoms in total. The van der Waals surface area contributed by atoms with Gasteiger partial charge in [-0.1, -0.05) is 26.0 Å². The quantitative estimate of drug-likeness (QED) is 0.473. The van der Waals surface area contributed by atoms with Crippen molar-refractivity contribution in [2.45, 2.75) is 27.7 Å². The first-order chi connectivity index (χ1) is 5.00. The predicted molar refractivity (Wildman–Crippen MR) is 51.1 cm³/mol. The molecule has 0 aromatic rings. The molecule has 0 radical (unpaired) electrons. The monoisotopic (exact) mass is 151 g/mol. The van der Waals surface area contributed by atoms with E-state index < -0.39 is 0 Å². The van der Waals surface area contributed by atoms with Crippen LogP contribution in [0.25, 0.3) is 0 Å². The molecular weight excluding hydrogens is 134 g/mol. The van der Waals surface area contributed by atoms with E-state index in [9.17, 15) is 0 Å². The Bertz CT molecular complexity index is 197. The zero-order valence-electron chi connectivity index (χ0n) is 7.86. The Labute approximate surface area is 69.3 Å². The van der Waals surface area contributed by atoms with Crippen molar-refractivity contribution in [3.63, 3.8) is 0 Å². The molecule has 0 aliphatic carbocycles. The van der Waals surface area contributed by atoms with Crippen molar-refractivity contribution in [1.29, 1.82) is 5.41 Å². The lowest BCUT2D eigenvalue weighted by Gasteiger charge is -2.10. The maximum absolute atomic E-state index is 7.17. The largest absolute Gasteiger partial charge is 0.308 e. The number of nitrogens with one attached hydrogen (secondary N) is 1. The molecule has 0 fully saturated rings. The van der Waals surface area contributed by atoms with Crippen molar-refractivity contribution in [1.82, 2.24) is 0 Å². The average molecular weight is 151 g/mol. The Hall–Kier alpha value is -0.850. The molecule has 0 aromatic heterocycles. The third-order valence-electron chi connectivity index (χ3n) is 1.89. The molecule has 0 amide bonds. The molecule has 0 spiro atoms. The predicted octanol–water partition coefficient (Wildman–Crippen LogP) is 3.18. The van der Waals surface area contributed by atoms with Gasteiger partial charge in [0.2, 0.25) is 0 Å². The Kier molecular flexibility index (Phi) is 3.80. The highest BCUT2D eigenvalue weighted by atomic mass is 14.3. The van der Waals surface area contributed by atoms with E-state index in [1.165, 1.54) is 11.8 Å². The number of rotatable bonds is 3. The Balaban J connectivity index is 4.83. The van der Waals surface area contributed by atoms with Crippen LogP contribution in [-0.4, -0.2) is 6.21 Å². The van der Waals surface area contributed by atoms with Gasteiger partial charge in [-0.25, -0.2) is 0 Å². The van der Waals surface area contributed by atoms with Crippen LogP contribution in [0.1, 0.15) is 27.7 Å². The smallest absolute Gasteiger partial charge is 0.0252 e. The maximum atomic E-state index is 7.17. The van der Waals surface area contributed by atoms with E-state index in [2.05, 4.69) is 27.4 Å². The van der Waals surface area contributed by atoms with Crippen LogP contribution in [0.4, 0.5) is 0 Å². The molecular formula is C10H17N. The van der Waals surface area contributed by atoms with Crippen LogP contribution < -0.4 is 0 Å². The molecule has 1 heteroatoms. The summed E-state index contributed by atoms with van der Waals surface area (Å²) >= 11 is 0. The minimum Gasteiger partial charge on any atom is -0.308 e. The first-order valence-electron chi connectivity index (χ1n) is 3.87. The molecule has 0 unspecified atom stereocenters. The van der Waals surface area contributed by atoms with Crippen LogP contribution >= 0.6 is 0 Å². The van der Waals surface area contributed by atoms with E-state index in [0.29, 0.717) is 5.92 Å². The SMILES string of the molecule is C=C(C)/C(C=N)=C(/C)C(C)C. The molecule has 0 rings (SSSR count). The molecule has 0 saturated heterocycles. The zero-order chi connectivity index (χ0) is 9.02. The average Bonchev–Trinajstić information content (AvgIpc) is 1.88. The highest BCUT2D eigenvalue weighted by Crippen LogP contribution is 2.17.